The molecule has 1 saturated heterocycles. The Morgan fingerprint density at radius 1 is 1.40 bits per heavy atom. The maximum atomic E-state index is 11.3. The molecule has 7 heteroatoms. The van der Waals surface area contributed by atoms with Crippen LogP contribution < -0.4 is 5.32 Å². The van der Waals surface area contributed by atoms with Crippen molar-refractivity contribution >= 4 is 12.2 Å². The zero-order valence-corrected chi connectivity index (χ0v) is 8.27. The molecule has 1 heterocycles. The molecule has 1 rings (SSSR count). The minimum atomic E-state index is -1.13. The highest BCUT2D eigenvalue weighted by atomic mass is 16.6. The second kappa shape index (κ2) is 6.07. The lowest BCUT2D eigenvalue weighted by Gasteiger charge is -2.25. The molecule has 0 bridgehead atoms. The Labute approximate surface area is 86.9 Å². The van der Waals surface area contributed by atoms with Crippen LogP contribution in [-0.4, -0.2) is 61.6 Å². The molecule has 2 amide bonds. The fourth-order valence-corrected chi connectivity index (χ4v) is 1.13. The summed E-state index contributed by atoms with van der Waals surface area (Å²) in [6.45, 7) is 2.22. The van der Waals surface area contributed by atoms with Gasteiger partial charge in [-0.2, -0.15) is 0 Å². The van der Waals surface area contributed by atoms with Crippen molar-refractivity contribution in [1.82, 2.24) is 10.2 Å². The van der Waals surface area contributed by atoms with Crippen LogP contribution in [0.1, 0.15) is 0 Å². The first-order valence-electron chi connectivity index (χ1n) is 4.66. The minimum Gasteiger partial charge on any atom is -0.465 e. The number of carbonyl (C=O) groups excluding carboxylic acids is 1. The van der Waals surface area contributed by atoms with Gasteiger partial charge in [-0.05, 0) is 0 Å². The number of amides is 2. The molecule has 0 saturated carbocycles. The molecule has 0 aromatic rings. The third kappa shape index (κ3) is 4.50. The van der Waals surface area contributed by atoms with Crippen LogP contribution in [0.15, 0.2) is 0 Å². The van der Waals surface area contributed by atoms with Gasteiger partial charge in [0.05, 0.1) is 19.8 Å². The zero-order chi connectivity index (χ0) is 11.1. The van der Waals surface area contributed by atoms with Crippen molar-refractivity contribution in [2.24, 2.45) is 0 Å². The summed E-state index contributed by atoms with van der Waals surface area (Å²) < 4.78 is 9.90. The van der Waals surface area contributed by atoms with Crippen LogP contribution in [-0.2, 0) is 9.47 Å². The van der Waals surface area contributed by atoms with E-state index < -0.39 is 12.2 Å². The summed E-state index contributed by atoms with van der Waals surface area (Å²) in [5, 5.41) is 10.3. The van der Waals surface area contributed by atoms with Crippen LogP contribution in [0, 0.1) is 0 Å². The first-order chi connectivity index (χ1) is 7.20. The molecule has 0 aromatic heterocycles. The Bertz CT molecular complexity index is 227. The first-order valence-corrected chi connectivity index (χ1v) is 4.66. The SMILES string of the molecule is O=C(O)NCCOC(=O)N1CCOCC1. The Balaban J connectivity index is 2.09. The fraction of sp³-hybridized carbons (Fsp3) is 0.750. The van der Waals surface area contributed by atoms with Crippen molar-refractivity contribution in [3.63, 3.8) is 0 Å². The molecule has 0 atom stereocenters. The van der Waals surface area contributed by atoms with Crippen molar-refractivity contribution in [1.29, 1.82) is 0 Å². The van der Waals surface area contributed by atoms with Gasteiger partial charge in [-0.15, -0.1) is 0 Å². The predicted octanol–water partition coefficient (Wildman–Crippen LogP) is -0.277. The quantitative estimate of drug-likeness (QED) is 0.636. The maximum Gasteiger partial charge on any atom is 0.409 e. The van der Waals surface area contributed by atoms with E-state index >= 15 is 0 Å². The molecular weight excluding hydrogens is 204 g/mol. The Hall–Kier alpha value is -1.50. The number of morpholine rings is 1. The Kier molecular flexibility index (Phi) is 4.69. The number of nitrogens with one attached hydrogen (secondary N) is 1. The number of rotatable bonds is 3. The van der Waals surface area contributed by atoms with Gasteiger partial charge in [0.25, 0.3) is 0 Å². The molecule has 0 aliphatic carbocycles. The summed E-state index contributed by atoms with van der Waals surface area (Å²) in [5.74, 6) is 0. The van der Waals surface area contributed by atoms with Crippen LogP contribution in [0.3, 0.4) is 0 Å². The molecule has 1 aliphatic heterocycles. The molecule has 0 spiro atoms. The maximum absolute atomic E-state index is 11.3. The smallest absolute Gasteiger partial charge is 0.409 e. The number of carboxylic acid groups (broad SMARTS) is 1. The van der Waals surface area contributed by atoms with Crippen molar-refractivity contribution in [3.8, 4) is 0 Å². The average Bonchev–Trinajstić information content (AvgIpc) is 2.25. The molecule has 7 nitrogen and oxygen atoms in total. The van der Waals surface area contributed by atoms with E-state index in [-0.39, 0.29) is 13.2 Å². The van der Waals surface area contributed by atoms with Gasteiger partial charge in [0.2, 0.25) is 0 Å². The number of nitrogens with zero attached hydrogens (tertiary/aromatic N) is 1. The minimum absolute atomic E-state index is 0.0441. The van der Waals surface area contributed by atoms with Gasteiger partial charge in [0, 0.05) is 13.1 Å². The summed E-state index contributed by atoms with van der Waals surface area (Å²) in [7, 11) is 0. The van der Waals surface area contributed by atoms with E-state index in [2.05, 4.69) is 5.32 Å². The second-order valence-corrected chi connectivity index (χ2v) is 2.95. The van der Waals surface area contributed by atoms with E-state index in [1.807, 2.05) is 0 Å². The molecule has 2 N–H and O–H groups in total. The fourth-order valence-electron chi connectivity index (χ4n) is 1.13. The van der Waals surface area contributed by atoms with Gasteiger partial charge in [-0.25, -0.2) is 9.59 Å². The molecule has 0 aromatic carbocycles. The van der Waals surface area contributed by atoms with Gasteiger partial charge in [-0.3, -0.25) is 0 Å². The lowest BCUT2D eigenvalue weighted by Crippen LogP contribution is -2.41. The van der Waals surface area contributed by atoms with Crippen LogP contribution in [0.4, 0.5) is 9.59 Å². The number of hydrogen-bond donors (Lipinski definition) is 2. The number of ether oxygens (including phenoxy) is 2. The van der Waals surface area contributed by atoms with E-state index in [0.717, 1.165) is 0 Å². The van der Waals surface area contributed by atoms with Gasteiger partial charge in [0.15, 0.2) is 0 Å². The molecule has 1 aliphatic rings. The molecular formula is C8H14N2O5. The summed E-state index contributed by atoms with van der Waals surface area (Å²) in [6.07, 6.45) is -1.55. The standard InChI is InChI=1S/C8H14N2O5/c11-7(12)9-1-4-15-8(13)10-2-5-14-6-3-10/h9H,1-6H2,(H,11,12). The summed E-state index contributed by atoms with van der Waals surface area (Å²) >= 11 is 0. The van der Waals surface area contributed by atoms with Crippen LogP contribution >= 0.6 is 0 Å². The van der Waals surface area contributed by atoms with Crippen molar-refractivity contribution < 1.29 is 24.2 Å². The van der Waals surface area contributed by atoms with E-state index in [1.54, 1.807) is 0 Å². The third-order valence-corrected chi connectivity index (χ3v) is 1.87. The van der Waals surface area contributed by atoms with E-state index in [1.165, 1.54) is 4.90 Å². The number of hydrogen-bond acceptors (Lipinski definition) is 4. The first kappa shape index (κ1) is 11.6. The van der Waals surface area contributed by atoms with E-state index in [0.29, 0.717) is 26.3 Å². The Morgan fingerprint density at radius 2 is 2.07 bits per heavy atom. The third-order valence-electron chi connectivity index (χ3n) is 1.87. The van der Waals surface area contributed by atoms with Gasteiger partial charge in [0.1, 0.15) is 6.61 Å². The van der Waals surface area contributed by atoms with Crippen molar-refractivity contribution in [3.05, 3.63) is 0 Å². The lowest BCUT2D eigenvalue weighted by molar-refractivity contribution is 0.0275. The van der Waals surface area contributed by atoms with E-state index in [9.17, 15) is 9.59 Å². The monoisotopic (exact) mass is 218 g/mol. The van der Waals surface area contributed by atoms with Gasteiger partial charge < -0.3 is 24.8 Å². The van der Waals surface area contributed by atoms with Crippen molar-refractivity contribution in [2.75, 3.05) is 39.5 Å². The molecule has 15 heavy (non-hydrogen) atoms. The Morgan fingerprint density at radius 3 is 2.67 bits per heavy atom. The normalized spacial score (nSPS) is 15.9. The molecule has 86 valence electrons. The highest BCUT2D eigenvalue weighted by Crippen LogP contribution is 1.99. The summed E-state index contributed by atoms with van der Waals surface area (Å²) in [4.78, 5) is 22.9. The highest BCUT2D eigenvalue weighted by molar-refractivity contribution is 5.68. The summed E-state index contributed by atoms with van der Waals surface area (Å²) in [6, 6.07) is 0. The highest BCUT2D eigenvalue weighted by Gasteiger charge is 2.17. The van der Waals surface area contributed by atoms with Crippen molar-refractivity contribution in [2.45, 2.75) is 0 Å². The zero-order valence-electron chi connectivity index (χ0n) is 8.27. The van der Waals surface area contributed by atoms with E-state index in [4.69, 9.17) is 14.6 Å². The second-order valence-electron chi connectivity index (χ2n) is 2.95. The average molecular weight is 218 g/mol. The van der Waals surface area contributed by atoms with Crippen LogP contribution in [0.25, 0.3) is 0 Å². The van der Waals surface area contributed by atoms with Gasteiger partial charge in [-0.1, -0.05) is 0 Å². The van der Waals surface area contributed by atoms with Gasteiger partial charge >= 0.3 is 12.2 Å². The molecule has 0 radical (unpaired) electrons. The number of carbonyl (C=O) groups is 2. The molecule has 0 unspecified atom stereocenters. The predicted molar refractivity (Wildman–Crippen MR) is 49.8 cm³/mol. The molecule has 1 fully saturated rings. The van der Waals surface area contributed by atoms with Crippen LogP contribution in [0.2, 0.25) is 0 Å². The lowest BCUT2D eigenvalue weighted by atomic mass is 10.5. The topological polar surface area (TPSA) is 88.1 Å². The summed E-state index contributed by atoms with van der Waals surface area (Å²) in [5.41, 5.74) is 0. The van der Waals surface area contributed by atoms with Crippen LogP contribution in [0.5, 0.6) is 0 Å². The largest absolute Gasteiger partial charge is 0.465 e.